The number of hydrogen-bond donors (Lipinski definition) is 0. The minimum Gasteiger partial charge on any atom is -0.356 e. The summed E-state index contributed by atoms with van der Waals surface area (Å²) >= 11 is 0. The number of allylic oxidation sites excluding steroid dienone is 4. The van der Waals surface area contributed by atoms with Gasteiger partial charge in [0.05, 0.1) is 53.9 Å². The van der Waals surface area contributed by atoms with Gasteiger partial charge in [-0.2, -0.15) is 5.10 Å². The molecule has 28 heavy (non-hydrogen) atoms. The molecule has 0 amide bonds. The molecule has 1 aromatic heterocycles. The third-order valence-corrected chi connectivity index (χ3v) is 5.64. The number of anilines is 1. The zero-order chi connectivity index (χ0) is 19.8. The Hall–Kier alpha value is -2.96. The van der Waals surface area contributed by atoms with E-state index in [1.165, 1.54) is 0 Å². The quantitative estimate of drug-likeness (QED) is 0.754. The van der Waals surface area contributed by atoms with Crippen molar-refractivity contribution in [3.05, 3.63) is 46.6 Å². The number of fused-ring (bicyclic) bond motifs is 2. The van der Waals surface area contributed by atoms with Crippen LogP contribution in [0.15, 0.2) is 40.2 Å². The molecule has 1 unspecified atom stereocenters. The number of carbonyl (C=O) groups is 2. The standard InChI is InChI=1S/C21H25N5O2/c1-14-21(15(2)26(23-14)8-9-27)25-13-24(3)18-11-17(25)10-16-4-5-19(28)6-7-20(16)22-12-18/h4,7,9,11-12,17H,5-6,8,10,13H2,1-3H3. The van der Waals surface area contributed by atoms with Crippen LogP contribution in [0.1, 0.15) is 30.7 Å². The van der Waals surface area contributed by atoms with Gasteiger partial charge in [0.2, 0.25) is 0 Å². The van der Waals surface area contributed by atoms with Gasteiger partial charge in [0.1, 0.15) is 12.1 Å². The van der Waals surface area contributed by atoms with Crippen LogP contribution in [-0.2, 0) is 16.1 Å². The Morgan fingerprint density at radius 1 is 1.25 bits per heavy atom. The summed E-state index contributed by atoms with van der Waals surface area (Å²) < 4.78 is 1.76. The molecule has 2 aliphatic heterocycles. The van der Waals surface area contributed by atoms with Crippen LogP contribution in [0.4, 0.5) is 5.69 Å². The van der Waals surface area contributed by atoms with Crippen molar-refractivity contribution >= 4 is 24.0 Å². The van der Waals surface area contributed by atoms with E-state index in [9.17, 15) is 9.59 Å². The fourth-order valence-corrected chi connectivity index (χ4v) is 4.18. The molecular weight excluding hydrogens is 354 g/mol. The average Bonchev–Trinajstić information content (AvgIpc) is 2.80. The van der Waals surface area contributed by atoms with E-state index in [2.05, 4.69) is 26.0 Å². The van der Waals surface area contributed by atoms with Crippen molar-refractivity contribution < 1.29 is 9.59 Å². The van der Waals surface area contributed by atoms with Crippen LogP contribution in [0.2, 0.25) is 0 Å². The number of carbonyl (C=O) groups excluding carboxylic acids is 2. The minimum absolute atomic E-state index is 0.132. The SMILES string of the molecule is Cc1nn(CC=O)c(C)c1N1CN(C)C2=CC1CC1=CCC(=O)CC=C1N=C2. The van der Waals surface area contributed by atoms with E-state index in [-0.39, 0.29) is 18.4 Å². The Bertz CT molecular complexity index is 950. The van der Waals surface area contributed by atoms with Gasteiger partial charge in [0, 0.05) is 19.9 Å². The molecule has 7 heteroatoms. The molecule has 7 nitrogen and oxygen atoms in total. The van der Waals surface area contributed by atoms with Crippen LogP contribution in [0.25, 0.3) is 0 Å². The van der Waals surface area contributed by atoms with E-state index in [1.807, 2.05) is 39.3 Å². The minimum atomic E-state index is 0.132. The van der Waals surface area contributed by atoms with E-state index < -0.39 is 0 Å². The fraction of sp³-hybridized carbons (Fsp3) is 0.429. The molecule has 0 N–H and O–H groups in total. The lowest BCUT2D eigenvalue weighted by atomic mass is 9.97. The number of Topliss-reactive ketones (excluding diaryl/α,β-unsaturated/α-hetero) is 1. The highest BCUT2D eigenvalue weighted by molar-refractivity contribution is 5.84. The smallest absolute Gasteiger partial charge is 0.141 e. The lowest BCUT2D eigenvalue weighted by Crippen LogP contribution is -2.47. The zero-order valence-electron chi connectivity index (χ0n) is 16.6. The number of aryl methyl sites for hydroxylation is 1. The highest BCUT2D eigenvalue weighted by atomic mass is 16.1. The van der Waals surface area contributed by atoms with E-state index in [4.69, 9.17) is 0 Å². The molecule has 4 rings (SSSR count). The Morgan fingerprint density at radius 2 is 2.04 bits per heavy atom. The molecule has 0 saturated heterocycles. The number of aldehydes is 1. The first-order chi connectivity index (χ1) is 13.5. The van der Waals surface area contributed by atoms with Gasteiger partial charge in [-0.1, -0.05) is 12.2 Å². The van der Waals surface area contributed by atoms with Crippen LogP contribution >= 0.6 is 0 Å². The van der Waals surface area contributed by atoms with Crippen molar-refractivity contribution in [3.63, 3.8) is 0 Å². The van der Waals surface area contributed by atoms with Crippen LogP contribution in [0.3, 0.4) is 0 Å². The Balaban J connectivity index is 1.76. The molecule has 1 atom stereocenters. The van der Waals surface area contributed by atoms with E-state index in [0.717, 1.165) is 46.7 Å². The van der Waals surface area contributed by atoms with Crippen molar-refractivity contribution in [2.45, 2.75) is 45.7 Å². The van der Waals surface area contributed by atoms with Gasteiger partial charge in [0.15, 0.2) is 0 Å². The summed E-state index contributed by atoms with van der Waals surface area (Å²) in [7, 11) is 2.05. The van der Waals surface area contributed by atoms with Crippen LogP contribution < -0.4 is 4.90 Å². The lowest BCUT2D eigenvalue weighted by Gasteiger charge is -2.42. The average molecular weight is 379 g/mol. The highest BCUT2D eigenvalue weighted by Crippen LogP contribution is 2.35. The number of rotatable bonds is 3. The number of aromatic nitrogens is 2. The molecule has 0 spiro atoms. The second kappa shape index (κ2) is 7.22. The summed E-state index contributed by atoms with van der Waals surface area (Å²) in [6, 6.07) is 0.132. The monoisotopic (exact) mass is 379 g/mol. The fourth-order valence-electron chi connectivity index (χ4n) is 4.18. The maximum Gasteiger partial charge on any atom is 0.141 e. The Morgan fingerprint density at radius 3 is 2.82 bits per heavy atom. The summed E-state index contributed by atoms with van der Waals surface area (Å²) in [5.41, 5.74) is 6.08. The molecule has 2 bridgehead atoms. The van der Waals surface area contributed by atoms with E-state index >= 15 is 0 Å². The first kappa shape index (κ1) is 18.4. The molecular formula is C21H25N5O2. The van der Waals surface area contributed by atoms with Crippen molar-refractivity contribution in [3.8, 4) is 0 Å². The third-order valence-electron chi connectivity index (χ3n) is 5.64. The number of ketones is 1. The maximum absolute atomic E-state index is 11.9. The van der Waals surface area contributed by atoms with Crippen molar-refractivity contribution in [2.75, 3.05) is 18.6 Å². The first-order valence-electron chi connectivity index (χ1n) is 9.60. The van der Waals surface area contributed by atoms with Crippen LogP contribution in [0, 0.1) is 13.8 Å². The molecule has 0 aromatic carbocycles. The number of hydrogen-bond acceptors (Lipinski definition) is 6. The Kier molecular flexibility index (Phi) is 4.75. The second-order valence-electron chi connectivity index (χ2n) is 7.56. The first-order valence-corrected chi connectivity index (χ1v) is 9.60. The second-order valence-corrected chi connectivity index (χ2v) is 7.56. The van der Waals surface area contributed by atoms with Crippen LogP contribution in [0.5, 0.6) is 0 Å². The van der Waals surface area contributed by atoms with Gasteiger partial charge in [0.25, 0.3) is 0 Å². The molecule has 146 valence electrons. The van der Waals surface area contributed by atoms with Gasteiger partial charge in [-0.25, -0.2) is 0 Å². The number of aliphatic imine (C=N–C) groups is 1. The molecule has 1 aromatic rings. The van der Waals surface area contributed by atoms with E-state index in [0.29, 0.717) is 19.5 Å². The Labute approximate surface area is 164 Å². The largest absolute Gasteiger partial charge is 0.356 e. The van der Waals surface area contributed by atoms with Crippen molar-refractivity contribution in [2.24, 2.45) is 4.99 Å². The summed E-state index contributed by atoms with van der Waals surface area (Å²) in [6.45, 7) is 4.97. The van der Waals surface area contributed by atoms with Crippen molar-refractivity contribution in [1.82, 2.24) is 14.7 Å². The van der Waals surface area contributed by atoms with Crippen molar-refractivity contribution in [1.29, 1.82) is 0 Å². The third kappa shape index (κ3) is 3.21. The summed E-state index contributed by atoms with van der Waals surface area (Å²) in [4.78, 5) is 32.1. The van der Waals surface area contributed by atoms with Gasteiger partial charge in [-0.05, 0) is 31.9 Å². The normalized spacial score (nSPS) is 21.9. The molecule has 3 heterocycles. The summed E-state index contributed by atoms with van der Waals surface area (Å²) in [5, 5.41) is 4.56. The summed E-state index contributed by atoms with van der Waals surface area (Å²) in [6.07, 6.45) is 10.7. The zero-order valence-corrected chi connectivity index (χ0v) is 16.6. The molecule has 3 aliphatic rings. The topological polar surface area (TPSA) is 70.8 Å². The lowest BCUT2D eigenvalue weighted by molar-refractivity contribution is -0.117. The highest BCUT2D eigenvalue weighted by Gasteiger charge is 2.31. The van der Waals surface area contributed by atoms with Gasteiger partial charge >= 0.3 is 0 Å². The van der Waals surface area contributed by atoms with Crippen LogP contribution in [-0.4, -0.2) is 52.7 Å². The van der Waals surface area contributed by atoms with E-state index in [1.54, 1.807) is 4.68 Å². The van der Waals surface area contributed by atoms with Gasteiger partial charge in [-0.15, -0.1) is 0 Å². The predicted molar refractivity (Wildman–Crippen MR) is 108 cm³/mol. The number of nitrogens with zero attached hydrogens (tertiary/aromatic N) is 5. The summed E-state index contributed by atoms with van der Waals surface area (Å²) in [5.74, 6) is 0.220. The maximum atomic E-state index is 11.9. The predicted octanol–water partition coefficient (Wildman–Crippen LogP) is 2.31. The molecule has 1 aliphatic carbocycles. The van der Waals surface area contributed by atoms with Gasteiger partial charge in [-0.3, -0.25) is 14.5 Å². The molecule has 0 saturated carbocycles. The molecule has 0 radical (unpaired) electrons. The van der Waals surface area contributed by atoms with Gasteiger partial charge < -0.3 is 14.6 Å². The molecule has 0 fully saturated rings.